The summed E-state index contributed by atoms with van der Waals surface area (Å²) in [5, 5.41) is 13.9. The topological polar surface area (TPSA) is 116 Å². The van der Waals surface area contributed by atoms with E-state index in [9.17, 15) is 16.8 Å². The molecule has 2 aromatic carbocycles. The van der Waals surface area contributed by atoms with Crippen LogP contribution in [0.1, 0.15) is 62.5 Å². The van der Waals surface area contributed by atoms with Crippen LogP contribution in [0.2, 0.25) is 0 Å². The fourth-order valence-electron chi connectivity index (χ4n) is 4.31. The van der Waals surface area contributed by atoms with E-state index in [0.717, 1.165) is 76.3 Å². The molecule has 0 aromatic heterocycles. The standard InChI is InChI=1S/C30H50N4O4S2/c1-39(35,36)29-15-11-27(12-16-29)25-33-23-9-21-31-19-7-5-3-4-6-8-20-32-22-10-24-34-26-28-13-17-30(18-14-28)40(2,37)38/h11-18,31-34H,3-10,19-26H2,1-2H3. The molecule has 0 heterocycles. The van der Waals surface area contributed by atoms with Crippen LogP contribution in [0.25, 0.3) is 0 Å². The summed E-state index contributed by atoms with van der Waals surface area (Å²) in [7, 11) is -6.25. The zero-order valence-electron chi connectivity index (χ0n) is 24.4. The van der Waals surface area contributed by atoms with E-state index in [1.807, 2.05) is 24.3 Å². The average molecular weight is 595 g/mol. The molecule has 40 heavy (non-hydrogen) atoms. The van der Waals surface area contributed by atoms with Gasteiger partial charge < -0.3 is 21.3 Å². The number of nitrogens with one attached hydrogen (secondary N) is 4. The third-order valence-corrected chi connectivity index (χ3v) is 8.99. The summed E-state index contributed by atoms with van der Waals surface area (Å²) >= 11 is 0. The Balaban J connectivity index is 1.28. The smallest absolute Gasteiger partial charge is 0.175 e. The van der Waals surface area contributed by atoms with E-state index in [1.165, 1.54) is 51.0 Å². The highest BCUT2D eigenvalue weighted by Gasteiger charge is 2.06. The average Bonchev–Trinajstić information content (AvgIpc) is 2.91. The molecule has 0 amide bonds. The first kappa shape index (κ1) is 34.4. The second-order valence-corrected chi connectivity index (χ2v) is 14.5. The highest BCUT2D eigenvalue weighted by atomic mass is 32.2. The van der Waals surface area contributed by atoms with Crippen LogP contribution < -0.4 is 21.3 Å². The van der Waals surface area contributed by atoms with Gasteiger partial charge in [0.25, 0.3) is 0 Å². The van der Waals surface area contributed by atoms with E-state index in [1.54, 1.807) is 24.3 Å². The lowest BCUT2D eigenvalue weighted by Crippen LogP contribution is -2.22. The third kappa shape index (κ3) is 15.8. The van der Waals surface area contributed by atoms with Gasteiger partial charge in [0, 0.05) is 25.6 Å². The maximum absolute atomic E-state index is 11.5. The van der Waals surface area contributed by atoms with Crippen LogP contribution in [0.4, 0.5) is 0 Å². The van der Waals surface area contributed by atoms with Crippen molar-refractivity contribution in [2.75, 3.05) is 51.8 Å². The SMILES string of the molecule is CS(=O)(=O)c1ccc(CNCCCNCCCCCCCCNCCCNCc2ccc(S(C)(=O)=O)cc2)cc1. The molecule has 0 saturated heterocycles. The van der Waals surface area contributed by atoms with Crippen LogP contribution in [-0.2, 0) is 32.8 Å². The van der Waals surface area contributed by atoms with E-state index < -0.39 is 19.7 Å². The molecule has 0 fully saturated rings. The minimum Gasteiger partial charge on any atom is -0.317 e. The first-order valence-electron chi connectivity index (χ1n) is 14.6. The monoisotopic (exact) mass is 594 g/mol. The highest BCUT2D eigenvalue weighted by Crippen LogP contribution is 2.11. The Labute approximate surface area is 243 Å². The van der Waals surface area contributed by atoms with Crippen LogP contribution in [0.3, 0.4) is 0 Å². The lowest BCUT2D eigenvalue weighted by molar-refractivity contribution is 0.534. The Bertz CT molecular complexity index is 1060. The van der Waals surface area contributed by atoms with Crippen LogP contribution in [0, 0.1) is 0 Å². The molecule has 10 heteroatoms. The maximum atomic E-state index is 11.5. The summed E-state index contributed by atoms with van der Waals surface area (Å²) in [6, 6.07) is 14.2. The van der Waals surface area contributed by atoms with Gasteiger partial charge in [0.15, 0.2) is 19.7 Å². The molecule has 0 unspecified atom stereocenters. The van der Waals surface area contributed by atoms with Crippen LogP contribution in [0.5, 0.6) is 0 Å². The minimum absolute atomic E-state index is 0.366. The summed E-state index contributed by atoms with van der Waals surface area (Å²) < 4.78 is 46.0. The Kier molecular flexibility index (Phi) is 16.6. The molecule has 2 aromatic rings. The number of hydrogen-bond donors (Lipinski definition) is 4. The fourth-order valence-corrected chi connectivity index (χ4v) is 5.57. The van der Waals surface area contributed by atoms with E-state index >= 15 is 0 Å². The normalized spacial score (nSPS) is 12.2. The molecule has 0 spiro atoms. The molecule has 8 nitrogen and oxygen atoms in total. The second kappa shape index (κ2) is 19.3. The number of hydrogen-bond acceptors (Lipinski definition) is 8. The zero-order chi connectivity index (χ0) is 29.1. The molecular weight excluding hydrogens is 544 g/mol. The molecule has 2 rings (SSSR count). The van der Waals surface area contributed by atoms with Crippen LogP contribution in [0.15, 0.2) is 58.3 Å². The summed E-state index contributed by atoms with van der Waals surface area (Å²) in [6.07, 6.45) is 12.2. The van der Waals surface area contributed by atoms with Gasteiger partial charge in [0.2, 0.25) is 0 Å². The molecular formula is C30H50N4O4S2. The second-order valence-electron chi connectivity index (χ2n) is 10.5. The van der Waals surface area contributed by atoms with Crippen molar-refractivity contribution < 1.29 is 16.8 Å². The van der Waals surface area contributed by atoms with Gasteiger partial charge in [-0.2, -0.15) is 0 Å². The minimum atomic E-state index is -3.13. The maximum Gasteiger partial charge on any atom is 0.175 e. The van der Waals surface area contributed by atoms with Crippen molar-refractivity contribution in [1.82, 2.24) is 21.3 Å². The fraction of sp³-hybridized carbons (Fsp3) is 0.600. The van der Waals surface area contributed by atoms with Gasteiger partial charge in [-0.25, -0.2) is 16.8 Å². The van der Waals surface area contributed by atoms with E-state index in [4.69, 9.17) is 0 Å². The van der Waals surface area contributed by atoms with Gasteiger partial charge >= 0.3 is 0 Å². The summed E-state index contributed by atoms with van der Waals surface area (Å²) in [4.78, 5) is 0.731. The molecule has 4 N–H and O–H groups in total. The summed E-state index contributed by atoms with van der Waals surface area (Å²) in [5.74, 6) is 0. The molecule has 0 aliphatic heterocycles. The van der Waals surface area contributed by atoms with Gasteiger partial charge in [0.1, 0.15) is 0 Å². The molecule has 0 radical (unpaired) electrons. The summed E-state index contributed by atoms with van der Waals surface area (Å²) in [6.45, 7) is 7.57. The molecule has 0 aliphatic carbocycles. The quantitative estimate of drug-likeness (QED) is 0.144. The van der Waals surface area contributed by atoms with Crippen molar-refractivity contribution in [3.63, 3.8) is 0 Å². The first-order valence-corrected chi connectivity index (χ1v) is 18.4. The lowest BCUT2D eigenvalue weighted by Gasteiger charge is -2.08. The van der Waals surface area contributed by atoms with Crippen molar-refractivity contribution in [3.05, 3.63) is 59.7 Å². The van der Waals surface area contributed by atoms with Gasteiger partial charge in [-0.1, -0.05) is 49.9 Å². The Hall–Kier alpha value is -1.82. The number of unbranched alkanes of at least 4 members (excludes halogenated alkanes) is 5. The van der Waals surface area contributed by atoms with Crippen molar-refractivity contribution >= 4 is 19.7 Å². The zero-order valence-corrected chi connectivity index (χ0v) is 26.0. The number of benzene rings is 2. The van der Waals surface area contributed by atoms with Crippen molar-refractivity contribution in [1.29, 1.82) is 0 Å². The molecule has 0 atom stereocenters. The molecule has 0 bridgehead atoms. The van der Waals surface area contributed by atoms with Gasteiger partial charge in [-0.15, -0.1) is 0 Å². The van der Waals surface area contributed by atoms with E-state index in [2.05, 4.69) is 21.3 Å². The molecule has 0 saturated carbocycles. The predicted molar refractivity (Wildman–Crippen MR) is 165 cm³/mol. The highest BCUT2D eigenvalue weighted by molar-refractivity contribution is 7.91. The van der Waals surface area contributed by atoms with E-state index in [0.29, 0.717) is 9.79 Å². The Morgan fingerprint density at radius 3 is 1.07 bits per heavy atom. The van der Waals surface area contributed by atoms with Crippen molar-refractivity contribution in [3.8, 4) is 0 Å². The van der Waals surface area contributed by atoms with Crippen molar-refractivity contribution in [2.24, 2.45) is 0 Å². The largest absolute Gasteiger partial charge is 0.317 e. The Morgan fingerprint density at radius 2 is 0.725 bits per heavy atom. The van der Waals surface area contributed by atoms with Crippen LogP contribution >= 0.6 is 0 Å². The van der Waals surface area contributed by atoms with Crippen molar-refractivity contribution in [2.45, 2.75) is 74.2 Å². The van der Waals surface area contributed by atoms with Gasteiger partial charge in [-0.05, 0) is 100 Å². The Morgan fingerprint density at radius 1 is 0.425 bits per heavy atom. The van der Waals surface area contributed by atoms with Gasteiger partial charge in [-0.3, -0.25) is 0 Å². The van der Waals surface area contributed by atoms with Gasteiger partial charge in [0.05, 0.1) is 9.79 Å². The first-order chi connectivity index (χ1) is 19.2. The predicted octanol–water partition coefficient (Wildman–Crippen LogP) is 3.67. The third-order valence-electron chi connectivity index (χ3n) is 6.73. The molecule has 226 valence electrons. The van der Waals surface area contributed by atoms with E-state index in [-0.39, 0.29) is 0 Å². The number of sulfone groups is 2. The number of rotatable bonds is 23. The van der Waals surface area contributed by atoms with Crippen LogP contribution in [-0.4, -0.2) is 68.6 Å². The molecule has 0 aliphatic rings. The summed E-state index contributed by atoms with van der Waals surface area (Å²) in [5.41, 5.74) is 2.19. The lowest BCUT2D eigenvalue weighted by atomic mass is 10.1.